The fraction of sp³-hybridized carbons (Fsp3) is 0.800. The number of hydrogen-bond donors (Lipinski definition) is 1. The standard InChI is InChI=1S/C10H15N3O/c11-5-4-10(2-3-10)7-13-6-1-8(13)9(12)14/h8H,1-4,6-7H2,(H2,12,14). The van der Waals surface area contributed by atoms with E-state index in [1.807, 2.05) is 0 Å². The van der Waals surface area contributed by atoms with Crippen LogP contribution < -0.4 is 5.73 Å². The zero-order valence-corrected chi connectivity index (χ0v) is 8.20. The molecule has 0 aromatic rings. The maximum absolute atomic E-state index is 11.0. The molecular formula is C10H15N3O. The number of carbonyl (C=O) groups is 1. The summed E-state index contributed by atoms with van der Waals surface area (Å²) in [6.45, 7) is 1.84. The molecule has 1 aliphatic heterocycles. The van der Waals surface area contributed by atoms with E-state index >= 15 is 0 Å². The molecule has 0 radical (unpaired) electrons. The first-order valence-corrected chi connectivity index (χ1v) is 5.07. The molecule has 2 aliphatic rings. The second kappa shape index (κ2) is 3.25. The summed E-state index contributed by atoms with van der Waals surface area (Å²) >= 11 is 0. The van der Waals surface area contributed by atoms with Gasteiger partial charge in [-0.1, -0.05) is 0 Å². The third-order valence-electron chi connectivity index (χ3n) is 3.41. The Hall–Kier alpha value is -1.08. The SMILES string of the molecule is N#CCC1(CN2CCC2C(N)=O)CC1. The molecule has 0 bridgehead atoms. The van der Waals surface area contributed by atoms with Crippen LogP contribution in [0.1, 0.15) is 25.7 Å². The molecule has 0 spiro atoms. The van der Waals surface area contributed by atoms with Crippen LogP contribution in [0.15, 0.2) is 0 Å². The Labute approximate surface area is 83.7 Å². The summed E-state index contributed by atoms with van der Waals surface area (Å²) in [5.41, 5.74) is 5.45. The van der Waals surface area contributed by atoms with Crippen LogP contribution >= 0.6 is 0 Å². The first-order valence-electron chi connectivity index (χ1n) is 5.07. The number of nitriles is 1. The molecule has 1 amide bonds. The van der Waals surface area contributed by atoms with E-state index in [4.69, 9.17) is 11.0 Å². The minimum atomic E-state index is -0.219. The van der Waals surface area contributed by atoms with Gasteiger partial charge in [-0.05, 0) is 24.7 Å². The van der Waals surface area contributed by atoms with Crippen molar-refractivity contribution in [3.8, 4) is 6.07 Å². The van der Waals surface area contributed by atoms with E-state index in [9.17, 15) is 4.79 Å². The lowest BCUT2D eigenvalue weighted by molar-refractivity contribution is -0.128. The lowest BCUT2D eigenvalue weighted by Gasteiger charge is -2.40. The minimum Gasteiger partial charge on any atom is -0.368 e. The van der Waals surface area contributed by atoms with E-state index in [0.717, 1.165) is 32.4 Å². The van der Waals surface area contributed by atoms with Crippen LogP contribution in [0.4, 0.5) is 0 Å². The molecule has 0 aromatic heterocycles. The van der Waals surface area contributed by atoms with Crippen molar-refractivity contribution in [1.29, 1.82) is 5.26 Å². The number of hydrogen-bond acceptors (Lipinski definition) is 3. The molecule has 2 fully saturated rings. The summed E-state index contributed by atoms with van der Waals surface area (Å²) in [6, 6.07) is 2.16. The van der Waals surface area contributed by atoms with Gasteiger partial charge in [0.25, 0.3) is 0 Å². The number of primary amides is 1. The first kappa shape index (κ1) is 9.47. The summed E-state index contributed by atoms with van der Waals surface area (Å²) < 4.78 is 0. The Bertz CT molecular complexity index is 290. The number of nitrogens with two attached hydrogens (primary N) is 1. The normalized spacial score (nSPS) is 28.9. The number of rotatable bonds is 4. The minimum absolute atomic E-state index is 0.0637. The fourth-order valence-corrected chi connectivity index (χ4v) is 2.12. The van der Waals surface area contributed by atoms with Gasteiger partial charge in [-0.25, -0.2) is 0 Å². The van der Waals surface area contributed by atoms with Gasteiger partial charge in [-0.2, -0.15) is 5.26 Å². The summed E-state index contributed by atoms with van der Waals surface area (Å²) in [6.07, 6.45) is 3.76. The van der Waals surface area contributed by atoms with Gasteiger partial charge in [0.15, 0.2) is 0 Å². The maximum Gasteiger partial charge on any atom is 0.234 e. The van der Waals surface area contributed by atoms with E-state index in [0.29, 0.717) is 6.42 Å². The number of carbonyl (C=O) groups excluding carboxylic acids is 1. The summed E-state index contributed by atoms with van der Waals surface area (Å²) in [5.74, 6) is -0.219. The van der Waals surface area contributed by atoms with Gasteiger partial charge in [0.2, 0.25) is 5.91 Å². The van der Waals surface area contributed by atoms with E-state index in [2.05, 4.69) is 11.0 Å². The van der Waals surface area contributed by atoms with Gasteiger partial charge in [0.1, 0.15) is 0 Å². The van der Waals surface area contributed by atoms with Crippen molar-refractivity contribution in [2.45, 2.75) is 31.7 Å². The number of amides is 1. The van der Waals surface area contributed by atoms with Crippen molar-refractivity contribution in [3.05, 3.63) is 0 Å². The molecule has 14 heavy (non-hydrogen) atoms. The zero-order valence-electron chi connectivity index (χ0n) is 8.20. The van der Waals surface area contributed by atoms with Gasteiger partial charge >= 0.3 is 0 Å². The van der Waals surface area contributed by atoms with E-state index in [1.54, 1.807) is 0 Å². The van der Waals surface area contributed by atoms with Crippen LogP contribution in [0.2, 0.25) is 0 Å². The van der Waals surface area contributed by atoms with Crippen LogP contribution in [0.25, 0.3) is 0 Å². The highest BCUT2D eigenvalue weighted by atomic mass is 16.1. The van der Waals surface area contributed by atoms with Crippen molar-refractivity contribution in [1.82, 2.24) is 4.90 Å². The quantitative estimate of drug-likeness (QED) is 0.695. The molecule has 1 saturated carbocycles. The Balaban J connectivity index is 1.87. The van der Waals surface area contributed by atoms with Crippen LogP contribution in [0.5, 0.6) is 0 Å². The van der Waals surface area contributed by atoms with E-state index in [-0.39, 0.29) is 17.4 Å². The number of likely N-dealkylation sites (tertiary alicyclic amines) is 1. The molecule has 76 valence electrons. The molecule has 1 atom stereocenters. The fourth-order valence-electron chi connectivity index (χ4n) is 2.12. The average molecular weight is 193 g/mol. The van der Waals surface area contributed by atoms with E-state index in [1.165, 1.54) is 0 Å². The smallest absolute Gasteiger partial charge is 0.234 e. The maximum atomic E-state index is 11.0. The zero-order chi connectivity index (χ0) is 10.2. The molecule has 4 nitrogen and oxygen atoms in total. The van der Waals surface area contributed by atoms with Gasteiger partial charge in [-0.3, -0.25) is 9.69 Å². The predicted octanol–water partition coefficient (Wildman–Crippen LogP) is 0.240. The number of nitrogens with zero attached hydrogens (tertiary/aromatic N) is 2. The molecular weight excluding hydrogens is 178 g/mol. The van der Waals surface area contributed by atoms with Crippen LogP contribution in [0.3, 0.4) is 0 Å². The molecule has 1 aliphatic carbocycles. The summed E-state index contributed by atoms with van der Waals surface area (Å²) in [5, 5.41) is 8.66. The van der Waals surface area contributed by atoms with Crippen molar-refractivity contribution >= 4 is 5.91 Å². The van der Waals surface area contributed by atoms with Gasteiger partial charge in [-0.15, -0.1) is 0 Å². The summed E-state index contributed by atoms with van der Waals surface area (Å²) in [4.78, 5) is 13.1. The molecule has 1 heterocycles. The van der Waals surface area contributed by atoms with Crippen molar-refractivity contribution in [2.24, 2.45) is 11.1 Å². The Kier molecular flexibility index (Phi) is 2.20. The van der Waals surface area contributed by atoms with Crippen molar-refractivity contribution in [3.63, 3.8) is 0 Å². The molecule has 0 aromatic carbocycles. The highest BCUT2D eigenvalue weighted by molar-refractivity contribution is 5.80. The van der Waals surface area contributed by atoms with Crippen molar-refractivity contribution < 1.29 is 4.79 Å². The second-order valence-corrected chi connectivity index (χ2v) is 4.51. The van der Waals surface area contributed by atoms with Crippen LogP contribution in [-0.2, 0) is 4.79 Å². The van der Waals surface area contributed by atoms with Gasteiger partial charge in [0.05, 0.1) is 12.1 Å². The largest absolute Gasteiger partial charge is 0.368 e. The predicted molar refractivity (Wildman–Crippen MR) is 51.1 cm³/mol. The molecule has 2 rings (SSSR count). The molecule has 1 saturated heterocycles. The second-order valence-electron chi connectivity index (χ2n) is 4.51. The topological polar surface area (TPSA) is 70.1 Å². The van der Waals surface area contributed by atoms with Gasteiger partial charge in [0, 0.05) is 19.5 Å². The third-order valence-corrected chi connectivity index (χ3v) is 3.41. The van der Waals surface area contributed by atoms with Gasteiger partial charge < -0.3 is 5.73 Å². The third kappa shape index (κ3) is 1.60. The van der Waals surface area contributed by atoms with Crippen molar-refractivity contribution in [2.75, 3.05) is 13.1 Å². The Morgan fingerprint density at radius 1 is 1.64 bits per heavy atom. The molecule has 4 heteroatoms. The van der Waals surface area contributed by atoms with E-state index < -0.39 is 0 Å². The highest BCUT2D eigenvalue weighted by Crippen LogP contribution is 2.50. The summed E-state index contributed by atoms with van der Waals surface area (Å²) in [7, 11) is 0. The lowest BCUT2D eigenvalue weighted by Crippen LogP contribution is -2.56. The molecule has 1 unspecified atom stereocenters. The average Bonchev–Trinajstić information content (AvgIpc) is 2.79. The Morgan fingerprint density at radius 3 is 2.71 bits per heavy atom. The van der Waals surface area contributed by atoms with Crippen LogP contribution in [-0.4, -0.2) is 29.9 Å². The van der Waals surface area contributed by atoms with Crippen LogP contribution in [0, 0.1) is 16.7 Å². The lowest BCUT2D eigenvalue weighted by atomic mass is 9.96. The first-order chi connectivity index (χ1) is 6.67. The monoisotopic (exact) mass is 193 g/mol. The Morgan fingerprint density at radius 2 is 2.36 bits per heavy atom. The molecule has 2 N–H and O–H groups in total. The highest BCUT2D eigenvalue weighted by Gasteiger charge is 2.47.